The van der Waals surface area contributed by atoms with Gasteiger partial charge in [-0.15, -0.1) is 0 Å². The zero-order valence-corrected chi connectivity index (χ0v) is 14.0. The number of likely N-dealkylation sites (N-methyl/N-ethyl adjacent to an activating group) is 1. The standard InChI is InChI=1S/C16H19N5OS/c1-10-5-13-14(6-11(10)7-17)19-20-16(13)18-15(22)8-21(2)12-3-4-23-9-12/h5-6,12H,3-4,8-9H2,1-2H3,(H2,18,19,20,22). The summed E-state index contributed by atoms with van der Waals surface area (Å²) in [5, 5.41) is 19.8. The second kappa shape index (κ2) is 6.60. The van der Waals surface area contributed by atoms with E-state index in [9.17, 15) is 4.79 Å². The molecule has 1 aliphatic rings. The number of carbonyl (C=O) groups excluding carboxylic acids is 1. The van der Waals surface area contributed by atoms with Gasteiger partial charge in [0, 0.05) is 17.2 Å². The van der Waals surface area contributed by atoms with E-state index in [1.165, 1.54) is 5.75 Å². The largest absolute Gasteiger partial charge is 0.308 e. The van der Waals surface area contributed by atoms with E-state index in [4.69, 9.17) is 5.26 Å². The summed E-state index contributed by atoms with van der Waals surface area (Å²) < 4.78 is 0. The van der Waals surface area contributed by atoms with Crippen LogP contribution in [0.5, 0.6) is 0 Å². The summed E-state index contributed by atoms with van der Waals surface area (Å²) in [6.45, 7) is 2.23. The summed E-state index contributed by atoms with van der Waals surface area (Å²) in [5.74, 6) is 2.71. The normalized spacial score (nSPS) is 17.6. The van der Waals surface area contributed by atoms with Crippen molar-refractivity contribution in [2.45, 2.75) is 19.4 Å². The fraction of sp³-hybridized carbons (Fsp3) is 0.438. The average Bonchev–Trinajstić information content (AvgIpc) is 3.17. The molecule has 23 heavy (non-hydrogen) atoms. The third-order valence-electron chi connectivity index (χ3n) is 4.21. The van der Waals surface area contributed by atoms with Crippen LogP contribution in [0.4, 0.5) is 5.82 Å². The van der Waals surface area contributed by atoms with E-state index in [1.807, 2.05) is 31.8 Å². The van der Waals surface area contributed by atoms with Crippen molar-refractivity contribution in [1.29, 1.82) is 5.26 Å². The third-order valence-corrected chi connectivity index (χ3v) is 5.35. The van der Waals surface area contributed by atoms with Crippen molar-refractivity contribution in [1.82, 2.24) is 15.1 Å². The van der Waals surface area contributed by atoms with E-state index in [0.717, 1.165) is 28.6 Å². The van der Waals surface area contributed by atoms with Crippen LogP contribution >= 0.6 is 11.8 Å². The van der Waals surface area contributed by atoms with Crippen LogP contribution in [0.25, 0.3) is 10.9 Å². The molecule has 120 valence electrons. The maximum absolute atomic E-state index is 12.3. The molecular weight excluding hydrogens is 310 g/mol. The molecule has 1 aliphatic heterocycles. The highest BCUT2D eigenvalue weighted by molar-refractivity contribution is 7.99. The highest BCUT2D eigenvalue weighted by Gasteiger charge is 2.22. The SMILES string of the molecule is Cc1cc2c(NC(=O)CN(C)C3CCSC3)n[nH]c2cc1C#N. The Morgan fingerprint density at radius 3 is 3.13 bits per heavy atom. The lowest BCUT2D eigenvalue weighted by Gasteiger charge is -2.22. The minimum absolute atomic E-state index is 0.0696. The minimum Gasteiger partial charge on any atom is -0.308 e. The molecular formula is C16H19N5OS. The van der Waals surface area contributed by atoms with Crippen molar-refractivity contribution < 1.29 is 4.79 Å². The molecule has 7 heteroatoms. The molecule has 2 heterocycles. The van der Waals surface area contributed by atoms with Gasteiger partial charge in [-0.25, -0.2) is 0 Å². The summed E-state index contributed by atoms with van der Waals surface area (Å²) in [7, 11) is 1.99. The van der Waals surface area contributed by atoms with Crippen molar-refractivity contribution in [3.63, 3.8) is 0 Å². The third kappa shape index (κ3) is 3.33. The molecule has 1 amide bonds. The van der Waals surface area contributed by atoms with Crippen LogP contribution in [0.2, 0.25) is 0 Å². The van der Waals surface area contributed by atoms with Crippen LogP contribution in [-0.4, -0.2) is 52.1 Å². The van der Waals surface area contributed by atoms with Gasteiger partial charge in [-0.2, -0.15) is 22.1 Å². The minimum atomic E-state index is -0.0696. The van der Waals surface area contributed by atoms with Gasteiger partial charge >= 0.3 is 0 Å². The Hall–Kier alpha value is -2.04. The number of aromatic nitrogens is 2. The first kappa shape index (κ1) is 15.8. The van der Waals surface area contributed by atoms with Crippen LogP contribution in [0, 0.1) is 18.3 Å². The monoisotopic (exact) mass is 329 g/mol. The Morgan fingerprint density at radius 1 is 1.61 bits per heavy atom. The molecule has 6 nitrogen and oxygen atoms in total. The Morgan fingerprint density at radius 2 is 2.43 bits per heavy atom. The van der Waals surface area contributed by atoms with Crippen LogP contribution in [0.15, 0.2) is 12.1 Å². The number of anilines is 1. The predicted octanol–water partition coefficient (Wildman–Crippen LogP) is 2.12. The van der Waals surface area contributed by atoms with Crippen LogP contribution < -0.4 is 5.32 Å². The summed E-state index contributed by atoms with van der Waals surface area (Å²) in [5.41, 5.74) is 2.23. The number of H-pyrrole nitrogens is 1. The fourth-order valence-electron chi connectivity index (χ4n) is 2.79. The van der Waals surface area contributed by atoms with E-state index in [1.54, 1.807) is 6.07 Å². The second-order valence-corrected chi connectivity index (χ2v) is 7.03. The molecule has 0 spiro atoms. The smallest absolute Gasteiger partial charge is 0.239 e. The topological polar surface area (TPSA) is 84.8 Å². The fourth-order valence-corrected chi connectivity index (χ4v) is 4.08. The molecule has 0 saturated carbocycles. The summed E-state index contributed by atoms with van der Waals surface area (Å²) >= 11 is 1.93. The highest BCUT2D eigenvalue weighted by Crippen LogP contribution is 2.24. The Kier molecular flexibility index (Phi) is 4.55. The number of rotatable bonds is 4. The number of benzene rings is 1. The molecule has 2 N–H and O–H groups in total. The van der Waals surface area contributed by atoms with E-state index in [2.05, 4.69) is 26.5 Å². The number of nitriles is 1. The first-order chi connectivity index (χ1) is 11.1. The number of fused-ring (bicyclic) bond motifs is 1. The molecule has 2 aromatic rings. The Balaban J connectivity index is 1.72. The molecule has 0 aliphatic carbocycles. The average molecular weight is 329 g/mol. The highest BCUT2D eigenvalue weighted by atomic mass is 32.2. The summed E-state index contributed by atoms with van der Waals surface area (Å²) in [6, 6.07) is 6.26. The number of hydrogen-bond donors (Lipinski definition) is 2. The van der Waals surface area contributed by atoms with Gasteiger partial charge in [-0.1, -0.05) is 0 Å². The van der Waals surface area contributed by atoms with Gasteiger partial charge in [0.15, 0.2) is 5.82 Å². The molecule has 1 aromatic carbocycles. The van der Waals surface area contributed by atoms with Gasteiger partial charge in [0.05, 0.1) is 23.7 Å². The molecule has 1 atom stereocenters. The zero-order valence-electron chi connectivity index (χ0n) is 13.2. The number of nitrogens with one attached hydrogen (secondary N) is 2. The maximum Gasteiger partial charge on any atom is 0.239 e. The first-order valence-electron chi connectivity index (χ1n) is 7.55. The van der Waals surface area contributed by atoms with Crippen molar-refractivity contribution >= 4 is 34.4 Å². The van der Waals surface area contributed by atoms with E-state index >= 15 is 0 Å². The van der Waals surface area contributed by atoms with Crippen molar-refractivity contribution in [2.75, 3.05) is 30.4 Å². The van der Waals surface area contributed by atoms with Crippen LogP contribution in [-0.2, 0) is 4.79 Å². The summed E-state index contributed by atoms with van der Waals surface area (Å²) in [6.07, 6.45) is 1.13. The Bertz CT molecular complexity index is 773. The number of hydrogen-bond acceptors (Lipinski definition) is 5. The van der Waals surface area contributed by atoms with Gasteiger partial charge in [-0.05, 0) is 43.8 Å². The van der Waals surface area contributed by atoms with Gasteiger partial charge < -0.3 is 5.32 Å². The van der Waals surface area contributed by atoms with Gasteiger partial charge in [-0.3, -0.25) is 14.8 Å². The second-order valence-electron chi connectivity index (χ2n) is 5.88. The number of carbonyl (C=O) groups is 1. The zero-order chi connectivity index (χ0) is 16.4. The van der Waals surface area contributed by atoms with Gasteiger partial charge in [0.1, 0.15) is 0 Å². The molecule has 1 aromatic heterocycles. The number of nitrogens with zero attached hydrogens (tertiary/aromatic N) is 3. The van der Waals surface area contributed by atoms with Crippen molar-refractivity contribution in [2.24, 2.45) is 0 Å². The maximum atomic E-state index is 12.3. The number of thioether (sulfide) groups is 1. The summed E-state index contributed by atoms with van der Waals surface area (Å²) in [4.78, 5) is 14.4. The lowest BCUT2D eigenvalue weighted by molar-refractivity contribution is -0.117. The predicted molar refractivity (Wildman–Crippen MR) is 92.5 cm³/mol. The quantitative estimate of drug-likeness (QED) is 0.897. The van der Waals surface area contributed by atoms with Crippen LogP contribution in [0.3, 0.4) is 0 Å². The molecule has 1 fully saturated rings. The van der Waals surface area contributed by atoms with Gasteiger partial charge in [0.25, 0.3) is 0 Å². The molecule has 3 rings (SSSR count). The van der Waals surface area contributed by atoms with Crippen LogP contribution in [0.1, 0.15) is 17.5 Å². The number of amides is 1. The molecule has 1 unspecified atom stereocenters. The molecule has 0 bridgehead atoms. The van der Waals surface area contributed by atoms with E-state index in [-0.39, 0.29) is 5.91 Å². The number of aromatic amines is 1. The van der Waals surface area contributed by atoms with E-state index < -0.39 is 0 Å². The Labute approximate surface area is 139 Å². The lowest BCUT2D eigenvalue weighted by atomic mass is 10.1. The lowest BCUT2D eigenvalue weighted by Crippen LogP contribution is -2.38. The van der Waals surface area contributed by atoms with Crippen molar-refractivity contribution in [3.8, 4) is 6.07 Å². The number of aryl methyl sites for hydroxylation is 1. The molecule has 0 radical (unpaired) electrons. The van der Waals surface area contributed by atoms with Gasteiger partial charge in [0.2, 0.25) is 5.91 Å². The van der Waals surface area contributed by atoms with Crippen molar-refractivity contribution in [3.05, 3.63) is 23.3 Å². The molecule has 1 saturated heterocycles. The van der Waals surface area contributed by atoms with E-state index in [0.29, 0.717) is 24.0 Å². The first-order valence-corrected chi connectivity index (χ1v) is 8.70.